The van der Waals surface area contributed by atoms with Crippen molar-refractivity contribution in [3.63, 3.8) is 0 Å². The van der Waals surface area contributed by atoms with Crippen LogP contribution in [0, 0.1) is 5.82 Å². The summed E-state index contributed by atoms with van der Waals surface area (Å²) in [6.45, 7) is 3.74. The van der Waals surface area contributed by atoms with Crippen molar-refractivity contribution >= 4 is 43.6 Å². The first kappa shape index (κ1) is 24.7. The maximum Gasteiger partial charge on any atom is 0.305 e. The van der Waals surface area contributed by atoms with Crippen LogP contribution in [0.4, 0.5) is 10.3 Å². The van der Waals surface area contributed by atoms with E-state index in [2.05, 4.69) is 9.97 Å². The summed E-state index contributed by atoms with van der Waals surface area (Å²) in [6.07, 6.45) is -2.37. The SMILES string of the molecule is CC(C)c1nc(N(C)S(C)(=O)=O)nc2c1cc([C@@H](O)C[C@@H](O)CC(=O)O)c1cc(F)ccc12. The van der Waals surface area contributed by atoms with Gasteiger partial charge >= 0.3 is 5.97 Å². The second-order valence-electron chi connectivity index (χ2n) is 8.35. The van der Waals surface area contributed by atoms with E-state index in [1.807, 2.05) is 13.8 Å². The van der Waals surface area contributed by atoms with Crippen LogP contribution in [0.5, 0.6) is 0 Å². The molecule has 0 saturated carbocycles. The molecule has 0 radical (unpaired) electrons. The van der Waals surface area contributed by atoms with Gasteiger partial charge in [-0.2, -0.15) is 0 Å². The van der Waals surface area contributed by atoms with Crippen molar-refractivity contribution in [1.82, 2.24) is 9.97 Å². The highest BCUT2D eigenvalue weighted by Gasteiger charge is 2.24. The van der Waals surface area contributed by atoms with E-state index in [4.69, 9.17) is 5.11 Å². The summed E-state index contributed by atoms with van der Waals surface area (Å²) in [5.74, 6) is -1.96. The van der Waals surface area contributed by atoms with Gasteiger partial charge in [0.25, 0.3) is 0 Å². The monoisotopic (exact) mass is 479 g/mol. The number of carboxylic acids is 1. The summed E-state index contributed by atoms with van der Waals surface area (Å²) < 4.78 is 39.3. The third-order valence-corrected chi connectivity index (χ3v) is 6.56. The van der Waals surface area contributed by atoms with Crippen LogP contribution in [-0.4, -0.2) is 59.1 Å². The number of benzene rings is 2. The molecule has 33 heavy (non-hydrogen) atoms. The minimum Gasteiger partial charge on any atom is -0.481 e. The number of aromatic nitrogens is 2. The Labute approximate surface area is 190 Å². The molecular formula is C22H26FN3O6S. The number of aliphatic carboxylic acids is 1. The van der Waals surface area contributed by atoms with Crippen LogP contribution in [0.25, 0.3) is 21.7 Å². The minimum absolute atomic E-state index is 0.0375. The van der Waals surface area contributed by atoms with Crippen molar-refractivity contribution in [2.45, 2.75) is 44.8 Å². The highest BCUT2D eigenvalue weighted by molar-refractivity contribution is 7.92. The Hall–Kier alpha value is -2.89. The Kier molecular flexibility index (Phi) is 6.87. The first-order valence-electron chi connectivity index (χ1n) is 10.2. The second-order valence-corrected chi connectivity index (χ2v) is 10.4. The quantitative estimate of drug-likeness (QED) is 0.419. The standard InChI is InChI=1S/C22H26FN3O6S/c1-11(2)20-17-10-16(18(28)8-13(27)9-19(29)30)15-7-12(23)5-6-14(15)21(17)25-22(24-20)26(3)33(4,31)32/h5-7,10-11,13,18,27-28H,8-9H2,1-4H3,(H,29,30)/t13-,18+/m1/s1. The first-order chi connectivity index (χ1) is 15.3. The number of sulfonamides is 1. The number of hydrogen-bond acceptors (Lipinski definition) is 7. The third kappa shape index (κ3) is 5.21. The van der Waals surface area contributed by atoms with Gasteiger partial charge in [-0.05, 0) is 41.1 Å². The van der Waals surface area contributed by atoms with E-state index in [-0.39, 0.29) is 23.9 Å². The van der Waals surface area contributed by atoms with E-state index in [1.54, 1.807) is 6.07 Å². The predicted molar refractivity (Wildman–Crippen MR) is 122 cm³/mol. The topological polar surface area (TPSA) is 141 Å². The number of rotatable bonds is 8. The molecule has 3 aromatic rings. The third-order valence-electron chi connectivity index (χ3n) is 5.40. The number of aliphatic hydroxyl groups is 2. The fraction of sp³-hybridized carbons (Fsp3) is 0.409. The molecule has 0 aliphatic carbocycles. The van der Waals surface area contributed by atoms with Gasteiger partial charge in [0.15, 0.2) is 0 Å². The molecule has 0 aliphatic heterocycles. The maximum absolute atomic E-state index is 14.2. The summed E-state index contributed by atoms with van der Waals surface area (Å²) in [4.78, 5) is 19.8. The molecule has 0 spiro atoms. The highest BCUT2D eigenvalue weighted by Crippen LogP contribution is 2.37. The van der Waals surface area contributed by atoms with Crippen LogP contribution in [-0.2, 0) is 14.8 Å². The molecule has 0 unspecified atom stereocenters. The van der Waals surface area contributed by atoms with Gasteiger partial charge in [0.1, 0.15) is 5.82 Å². The van der Waals surface area contributed by atoms with Crippen molar-refractivity contribution < 1.29 is 32.9 Å². The van der Waals surface area contributed by atoms with Gasteiger partial charge in [0.05, 0.1) is 36.1 Å². The zero-order valence-corrected chi connectivity index (χ0v) is 19.5. The molecular weight excluding hydrogens is 453 g/mol. The molecule has 0 bridgehead atoms. The summed E-state index contributed by atoms with van der Waals surface area (Å²) in [7, 11) is -2.30. The van der Waals surface area contributed by atoms with Crippen molar-refractivity contribution in [3.8, 4) is 0 Å². The van der Waals surface area contributed by atoms with Gasteiger partial charge in [-0.15, -0.1) is 0 Å². The molecule has 0 aliphatic rings. The molecule has 3 N–H and O–H groups in total. The molecule has 11 heteroatoms. The average molecular weight is 480 g/mol. The maximum atomic E-state index is 14.2. The lowest BCUT2D eigenvalue weighted by atomic mass is 9.92. The van der Waals surface area contributed by atoms with Gasteiger partial charge in [0.2, 0.25) is 16.0 Å². The Morgan fingerprint density at radius 2 is 1.79 bits per heavy atom. The van der Waals surface area contributed by atoms with Crippen molar-refractivity contribution in [1.29, 1.82) is 0 Å². The number of halogens is 1. The number of carboxylic acid groups (broad SMARTS) is 1. The van der Waals surface area contributed by atoms with E-state index >= 15 is 0 Å². The van der Waals surface area contributed by atoms with Crippen LogP contribution in [0.1, 0.15) is 50.0 Å². The van der Waals surface area contributed by atoms with E-state index in [0.29, 0.717) is 27.4 Å². The number of hydrogen-bond donors (Lipinski definition) is 3. The summed E-state index contributed by atoms with van der Waals surface area (Å²) >= 11 is 0. The van der Waals surface area contributed by atoms with Crippen molar-refractivity contribution in [2.75, 3.05) is 17.6 Å². The summed E-state index contributed by atoms with van der Waals surface area (Å²) in [5, 5.41) is 31.0. The minimum atomic E-state index is -3.64. The number of fused-ring (bicyclic) bond motifs is 3. The lowest BCUT2D eigenvalue weighted by Crippen LogP contribution is -2.27. The first-order valence-corrected chi connectivity index (χ1v) is 12.1. The fourth-order valence-electron chi connectivity index (χ4n) is 3.69. The second kappa shape index (κ2) is 9.16. The Bertz CT molecular complexity index is 1330. The Morgan fingerprint density at radius 1 is 1.12 bits per heavy atom. The van der Waals surface area contributed by atoms with Gasteiger partial charge in [-0.25, -0.2) is 27.1 Å². The molecule has 1 aromatic heterocycles. The van der Waals surface area contributed by atoms with E-state index in [1.165, 1.54) is 25.2 Å². The van der Waals surface area contributed by atoms with E-state index in [0.717, 1.165) is 10.6 Å². The highest BCUT2D eigenvalue weighted by atomic mass is 32.2. The molecule has 3 rings (SSSR count). The van der Waals surface area contributed by atoms with E-state index < -0.39 is 40.4 Å². The van der Waals surface area contributed by atoms with Crippen LogP contribution in [0.3, 0.4) is 0 Å². The molecule has 2 aromatic carbocycles. The largest absolute Gasteiger partial charge is 0.481 e. The zero-order valence-electron chi connectivity index (χ0n) is 18.6. The summed E-state index contributed by atoms with van der Waals surface area (Å²) in [5.41, 5.74) is 1.20. The number of aliphatic hydroxyl groups excluding tert-OH is 2. The Balaban J connectivity index is 2.32. The van der Waals surface area contributed by atoms with Crippen LogP contribution >= 0.6 is 0 Å². The van der Waals surface area contributed by atoms with Gasteiger partial charge in [-0.3, -0.25) is 4.79 Å². The number of anilines is 1. The van der Waals surface area contributed by atoms with Crippen LogP contribution in [0.15, 0.2) is 24.3 Å². The molecule has 0 fully saturated rings. The normalized spacial score (nSPS) is 14.1. The van der Waals surface area contributed by atoms with Gasteiger partial charge < -0.3 is 15.3 Å². The van der Waals surface area contributed by atoms with Gasteiger partial charge in [-0.1, -0.05) is 13.8 Å². The number of nitrogens with zero attached hydrogens (tertiary/aromatic N) is 3. The molecule has 0 amide bonds. The molecule has 0 saturated heterocycles. The Morgan fingerprint density at radius 3 is 2.36 bits per heavy atom. The molecule has 2 atom stereocenters. The zero-order chi connectivity index (χ0) is 24.7. The average Bonchev–Trinajstić information content (AvgIpc) is 2.69. The lowest BCUT2D eigenvalue weighted by molar-refractivity contribution is -0.139. The van der Waals surface area contributed by atoms with Crippen molar-refractivity contribution in [3.05, 3.63) is 41.3 Å². The molecule has 178 valence electrons. The van der Waals surface area contributed by atoms with Crippen LogP contribution in [0.2, 0.25) is 0 Å². The molecule has 9 nitrogen and oxygen atoms in total. The van der Waals surface area contributed by atoms with Gasteiger partial charge in [0, 0.05) is 24.2 Å². The lowest BCUT2D eigenvalue weighted by Gasteiger charge is -2.21. The molecule has 1 heterocycles. The smallest absolute Gasteiger partial charge is 0.305 e. The van der Waals surface area contributed by atoms with Crippen molar-refractivity contribution in [2.24, 2.45) is 0 Å². The predicted octanol–water partition coefficient (Wildman–Crippen LogP) is 2.70. The van der Waals surface area contributed by atoms with Crippen LogP contribution < -0.4 is 4.31 Å². The summed E-state index contributed by atoms with van der Waals surface area (Å²) in [6, 6.07) is 5.52. The van der Waals surface area contributed by atoms with E-state index in [9.17, 15) is 27.8 Å². The fourth-order valence-corrected chi connectivity index (χ4v) is 4.07. The number of carbonyl (C=O) groups is 1.